The van der Waals surface area contributed by atoms with Gasteiger partial charge in [-0.1, -0.05) is 37.2 Å². The maximum absolute atomic E-state index is 11.0. The molecule has 2 aromatic carbocycles. The number of carbonyl (C=O) groups is 1. The molecular formula is C15H15ClN2O2S. The molecule has 110 valence electrons. The van der Waals surface area contributed by atoms with Gasteiger partial charge in [0.2, 0.25) is 0 Å². The lowest BCUT2D eigenvalue weighted by Crippen LogP contribution is -2.28. The van der Waals surface area contributed by atoms with Crippen molar-refractivity contribution in [2.24, 2.45) is 5.84 Å². The van der Waals surface area contributed by atoms with Crippen molar-refractivity contribution < 1.29 is 9.90 Å². The summed E-state index contributed by atoms with van der Waals surface area (Å²) in [5, 5.41) is 11.1. The van der Waals surface area contributed by atoms with E-state index in [0.717, 1.165) is 15.5 Å². The molecule has 0 saturated heterocycles. The number of carboxylic acids is 1. The minimum absolute atomic E-state index is 0.209. The number of fused-ring (bicyclic) bond motifs is 2. The first-order valence-corrected chi connectivity index (χ1v) is 7.65. The summed E-state index contributed by atoms with van der Waals surface area (Å²) in [6.45, 7) is 4.00. The van der Waals surface area contributed by atoms with E-state index in [1.807, 2.05) is 19.9 Å². The van der Waals surface area contributed by atoms with Crippen LogP contribution in [0.4, 0.5) is 11.4 Å². The first-order valence-electron chi connectivity index (χ1n) is 6.46. The summed E-state index contributed by atoms with van der Waals surface area (Å²) in [6, 6.07) is 10.4. The molecule has 0 aliphatic carbocycles. The lowest BCUT2D eigenvalue weighted by Gasteiger charge is -2.29. The van der Waals surface area contributed by atoms with E-state index >= 15 is 0 Å². The molecule has 3 rings (SSSR count). The van der Waals surface area contributed by atoms with Crippen molar-refractivity contribution in [2.45, 2.75) is 23.6 Å². The van der Waals surface area contributed by atoms with E-state index in [2.05, 4.69) is 0 Å². The van der Waals surface area contributed by atoms with Crippen molar-refractivity contribution in [3.63, 3.8) is 0 Å². The molecule has 3 N–H and O–H groups in total. The van der Waals surface area contributed by atoms with Crippen molar-refractivity contribution in [3.8, 4) is 0 Å². The Kier molecular flexibility index (Phi) is 4.77. The minimum Gasteiger partial charge on any atom is -0.478 e. The number of carboxylic acid groups (broad SMARTS) is 1. The highest BCUT2D eigenvalue weighted by atomic mass is 35.5. The molecule has 0 bridgehead atoms. The van der Waals surface area contributed by atoms with Crippen LogP contribution in [0.15, 0.2) is 46.2 Å². The number of benzene rings is 2. The number of nitrogens with two attached hydrogens (primary N) is 1. The number of nitrogens with zero attached hydrogens (tertiary/aromatic N) is 1. The number of hydrogen-bond acceptors (Lipinski definition) is 4. The second-order valence-electron chi connectivity index (χ2n) is 4.07. The lowest BCUT2D eigenvalue weighted by molar-refractivity contribution is 0.0697. The van der Waals surface area contributed by atoms with Crippen molar-refractivity contribution in [1.29, 1.82) is 0 Å². The fourth-order valence-corrected chi connectivity index (χ4v) is 3.14. The van der Waals surface area contributed by atoms with Crippen LogP contribution in [0, 0.1) is 0 Å². The molecule has 1 aliphatic rings. The van der Waals surface area contributed by atoms with Gasteiger partial charge in [0.25, 0.3) is 0 Å². The normalized spacial score (nSPS) is 11.9. The van der Waals surface area contributed by atoms with Crippen LogP contribution in [0.3, 0.4) is 0 Å². The Balaban J connectivity index is 0.000000774. The molecule has 6 heteroatoms. The summed E-state index contributed by atoms with van der Waals surface area (Å²) >= 11 is 7.51. The summed E-state index contributed by atoms with van der Waals surface area (Å²) in [4.78, 5) is 12.9. The summed E-state index contributed by atoms with van der Waals surface area (Å²) in [7, 11) is 0. The highest BCUT2D eigenvalue weighted by molar-refractivity contribution is 7.99. The van der Waals surface area contributed by atoms with Gasteiger partial charge in [-0.15, -0.1) is 0 Å². The molecule has 0 amide bonds. The number of rotatable bonds is 1. The van der Waals surface area contributed by atoms with Crippen LogP contribution >= 0.6 is 23.4 Å². The molecule has 0 spiro atoms. The van der Waals surface area contributed by atoms with E-state index in [9.17, 15) is 4.79 Å². The van der Waals surface area contributed by atoms with Gasteiger partial charge >= 0.3 is 5.97 Å². The Morgan fingerprint density at radius 2 is 1.71 bits per heavy atom. The number of hydrazine groups is 1. The molecule has 0 aromatic heterocycles. The smallest absolute Gasteiger partial charge is 0.335 e. The molecule has 1 aliphatic heterocycles. The van der Waals surface area contributed by atoms with Crippen LogP contribution in [0.5, 0.6) is 0 Å². The average molecular weight is 323 g/mol. The Labute approximate surface area is 132 Å². The third kappa shape index (κ3) is 3.00. The molecule has 0 fully saturated rings. The Morgan fingerprint density at radius 1 is 1.14 bits per heavy atom. The number of hydrogen-bond donors (Lipinski definition) is 2. The maximum atomic E-state index is 11.0. The Morgan fingerprint density at radius 3 is 2.33 bits per heavy atom. The van der Waals surface area contributed by atoms with Gasteiger partial charge in [-0.05, 0) is 36.4 Å². The number of anilines is 2. The zero-order valence-corrected chi connectivity index (χ0v) is 13.2. The number of aromatic carboxylic acids is 1. The van der Waals surface area contributed by atoms with Gasteiger partial charge in [0.05, 0.1) is 16.9 Å². The molecule has 21 heavy (non-hydrogen) atoms. The second kappa shape index (κ2) is 6.39. The average Bonchev–Trinajstić information content (AvgIpc) is 2.50. The Bertz CT molecular complexity index is 691. The molecule has 0 saturated carbocycles. The predicted molar refractivity (Wildman–Crippen MR) is 86.7 cm³/mol. The summed E-state index contributed by atoms with van der Waals surface area (Å²) in [5.74, 6) is 5.09. The highest BCUT2D eigenvalue weighted by Gasteiger charge is 2.22. The second-order valence-corrected chi connectivity index (χ2v) is 5.59. The number of halogens is 1. The minimum atomic E-state index is -0.974. The molecule has 0 unspecified atom stereocenters. The summed E-state index contributed by atoms with van der Waals surface area (Å²) in [6.07, 6.45) is 0. The van der Waals surface area contributed by atoms with Crippen molar-refractivity contribution >= 4 is 40.7 Å². The van der Waals surface area contributed by atoms with Crippen LogP contribution in [-0.4, -0.2) is 11.1 Å². The third-order valence-corrected chi connectivity index (χ3v) is 4.23. The van der Waals surface area contributed by atoms with Crippen molar-refractivity contribution in [2.75, 3.05) is 5.01 Å². The topological polar surface area (TPSA) is 66.6 Å². The van der Waals surface area contributed by atoms with Crippen LogP contribution in [0.1, 0.15) is 24.2 Å². The largest absolute Gasteiger partial charge is 0.478 e. The molecule has 0 radical (unpaired) electrons. The van der Waals surface area contributed by atoms with Gasteiger partial charge in [-0.2, -0.15) is 0 Å². The van der Waals surface area contributed by atoms with Gasteiger partial charge in [0.1, 0.15) is 0 Å². The molecule has 4 nitrogen and oxygen atoms in total. The molecule has 2 aromatic rings. The van der Waals surface area contributed by atoms with Crippen LogP contribution in [0.2, 0.25) is 5.02 Å². The summed E-state index contributed by atoms with van der Waals surface area (Å²) in [5.41, 5.74) is 1.65. The van der Waals surface area contributed by atoms with E-state index < -0.39 is 5.97 Å². The molecule has 0 atom stereocenters. The van der Waals surface area contributed by atoms with E-state index in [1.54, 1.807) is 42.1 Å². The third-order valence-electron chi connectivity index (χ3n) is 2.87. The van der Waals surface area contributed by atoms with Gasteiger partial charge in [-0.3, -0.25) is 5.01 Å². The van der Waals surface area contributed by atoms with Gasteiger partial charge < -0.3 is 5.11 Å². The molecular weight excluding hydrogens is 308 g/mol. The highest BCUT2D eigenvalue weighted by Crippen LogP contribution is 2.47. The maximum Gasteiger partial charge on any atom is 0.335 e. The van der Waals surface area contributed by atoms with Crippen LogP contribution < -0.4 is 10.9 Å². The van der Waals surface area contributed by atoms with E-state index in [0.29, 0.717) is 10.7 Å². The predicted octanol–water partition coefficient (Wildman–Crippen LogP) is 4.54. The zero-order valence-electron chi connectivity index (χ0n) is 11.6. The standard InChI is InChI=1S/C13H9ClN2O2S.C2H6/c14-8-2-4-12-10(6-8)16(15)9-5-7(13(17)18)1-3-11(9)19-12;1-2/h1-6H,15H2,(H,17,18);1-2H3. The monoisotopic (exact) mass is 322 g/mol. The van der Waals surface area contributed by atoms with Crippen LogP contribution in [-0.2, 0) is 0 Å². The SMILES string of the molecule is CC.NN1c2cc(Cl)ccc2Sc2ccc(C(=O)O)cc21. The van der Waals surface area contributed by atoms with Gasteiger partial charge in [-0.25, -0.2) is 10.6 Å². The van der Waals surface area contributed by atoms with Crippen LogP contribution in [0.25, 0.3) is 0 Å². The quantitative estimate of drug-likeness (QED) is 0.754. The Hall–Kier alpha value is -1.69. The van der Waals surface area contributed by atoms with E-state index in [4.69, 9.17) is 22.6 Å². The van der Waals surface area contributed by atoms with E-state index in [1.165, 1.54) is 5.01 Å². The van der Waals surface area contributed by atoms with Gasteiger partial charge in [0.15, 0.2) is 0 Å². The lowest BCUT2D eigenvalue weighted by atomic mass is 10.2. The van der Waals surface area contributed by atoms with Crippen molar-refractivity contribution in [1.82, 2.24) is 0 Å². The summed E-state index contributed by atoms with van der Waals surface area (Å²) < 4.78 is 0. The van der Waals surface area contributed by atoms with E-state index in [-0.39, 0.29) is 5.56 Å². The van der Waals surface area contributed by atoms with Crippen molar-refractivity contribution in [3.05, 3.63) is 47.0 Å². The zero-order chi connectivity index (χ0) is 15.6. The van der Waals surface area contributed by atoms with Gasteiger partial charge in [0, 0.05) is 14.8 Å². The molecule has 1 heterocycles. The fraction of sp³-hybridized carbons (Fsp3) is 0.133. The first-order chi connectivity index (χ1) is 10.1. The fourth-order valence-electron chi connectivity index (χ4n) is 1.94. The first kappa shape index (κ1) is 15.7.